The van der Waals surface area contributed by atoms with Crippen molar-refractivity contribution in [2.24, 2.45) is 5.92 Å². The standard InChI is InChI=1S/C24H33NO4/c1-4-8-18(2)16-29-21-13-11-19(12-14-21)22(15-26)24(27)25-23(17-28-3)20-9-6-5-7-10-20/h5-7,9-14,18,22-23,26H,4,8,15-17H2,1-3H3,(H,25,27)/t18?,22-,23-/m1/s1. The molecule has 0 aliphatic carbocycles. The minimum absolute atomic E-state index is 0.233. The lowest BCUT2D eigenvalue weighted by molar-refractivity contribution is -0.124. The number of rotatable bonds is 12. The Labute approximate surface area is 174 Å². The van der Waals surface area contributed by atoms with Crippen molar-refractivity contribution < 1.29 is 19.4 Å². The van der Waals surface area contributed by atoms with Crippen molar-refractivity contribution in [1.29, 1.82) is 0 Å². The van der Waals surface area contributed by atoms with E-state index in [2.05, 4.69) is 19.2 Å². The fourth-order valence-electron chi connectivity index (χ4n) is 3.30. The number of aliphatic hydroxyl groups excluding tert-OH is 1. The number of aliphatic hydroxyl groups is 1. The summed E-state index contributed by atoms with van der Waals surface area (Å²) in [6.45, 7) is 5.10. The summed E-state index contributed by atoms with van der Waals surface area (Å²) in [7, 11) is 1.60. The van der Waals surface area contributed by atoms with Crippen LogP contribution in [0.4, 0.5) is 0 Å². The first-order valence-corrected chi connectivity index (χ1v) is 10.3. The Kier molecular flexibility index (Phi) is 9.68. The Balaban J connectivity index is 2.02. The number of carbonyl (C=O) groups is 1. The summed E-state index contributed by atoms with van der Waals surface area (Å²) in [5, 5.41) is 12.8. The predicted molar refractivity (Wildman–Crippen MR) is 115 cm³/mol. The van der Waals surface area contributed by atoms with E-state index in [1.54, 1.807) is 7.11 Å². The average Bonchev–Trinajstić information content (AvgIpc) is 2.74. The molecule has 0 radical (unpaired) electrons. The van der Waals surface area contributed by atoms with Crippen LogP contribution < -0.4 is 10.1 Å². The summed E-state index contributed by atoms with van der Waals surface area (Å²) < 4.78 is 11.1. The van der Waals surface area contributed by atoms with Crippen molar-refractivity contribution >= 4 is 5.91 Å². The first-order chi connectivity index (χ1) is 14.1. The van der Waals surface area contributed by atoms with E-state index in [1.165, 1.54) is 0 Å². The van der Waals surface area contributed by atoms with Crippen LogP contribution >= 0.6 is 0 Å². The zero-order valence-electron chi connectivity index (χ0n) is 17.6. The van der Waals surface area contributed by atoms with E-state index >= 15 is 0 Å². The molecular formula is C24H33NO4. The molecule has 0 bridgehead atoms. The smallest absolute Gasteiger partial charge is 0.230 e. The van der Waals surface area contributed by atoms with Gasteiger partial charge in [-0.2, -0.15) is 0 Å². The molecule has 29 heavy (non-hydrogen) atoms. The Morgan fingerprint density at radius 2 is 1.72 bits per heavy atom. The highest BCUT2D eigenvalue weighted by molar-refractivity contribution is 5.84. The third-order valence-corrected chi connectivity index (χ3v) is 4.95. The Morgan fingerprint density at radius 1 is 1.03 bits per heavy atom. The first-order valence-electron chi connectivity index (χ1n) is 10.3. The Bertz CT molecular complexity index is 717. The molecule has 158 valence electrons. The van der Waals surface area contributed by atoms with Gasteiger partial charge in [-0.3, -0.25) is 4.79 Å². The summed E-state index contributed by atoms with van der Waals surface area (Å²) in [5.74, 6) is 0.400. The summed E-state index contributed by atoms with van der Waals surface area (Å²) in [4.78, 5) is 12.8. The van der Waals surface area contributed by atoms with Crippen molar-refractivity contribution in [3.63, 3.8) is 0 Å². The van der Waals surface area contributed by atoms with Gasteiger partial charge in [-0.05, 0) is 35.6 Å². The number of hydrogen-bond acceptors (Lipinski definition) is 4. The van der Waals surface area contributed by atoms with Gasteiger partial charge in [-0.15, -0.1) is 0 Å². The van der Waals surface area contributed by atoms with E-state index in [0.29, 0.717) is 19.1 Å². The monoisotopic (exact) mass is 399 g/mol. The van der Waals surface area contributed by atoms with Crippen molar-refractivity contribution in [3.8, 4) is 5.75 Å². The number of hydrogen-bond donors (Lipinski definition) is 2. The zero-order chi connectivity index (χ0) is 21.1. The van der Waals surface area contributed by atoms with E-state index < -0.39 is 5.92 Å². The van der Waals surface area contributed by atoms with E-state index in [0.717, 1.165) is 29.7 Å². The molecule has 3 atom stereocenters. The maximum absolute atomic E-state index is 12.8. The molecule has 0 aromatic heterocycles. The van der Waals surface area contributed by atoms with Crippen molar-refractivity contribution in [3.05, 3.63) is 65.7 Å². The van der Waals surface area contributed by atoms with Crippen LogP contribution in [0.3, 0.4) is 0 Å². The highest BCUT2D eigenvalue weighted by Crippen LogP contribution is 2.22. The number of ether oxygens (including phenoxy) is 2. The average molecular weight is 400 g/mol. The van der Waals surface area contributed by atoms with E-state index in [-0.39, 0.29) is 18.6 Å². The molecule has 2 rings (SSSR count). The molecule has 5 nitrogen and oxygen atoms in total. The first kappa shape index (κ1) is 22.9. The van der Waals surface area contributed by atoms with Crippen molar-refractivity contribution in [2.75, 3.05) is 26.9 Å². The highest BCUT2D eigenvalue weighted by Gasteiger charge is 2.23. The van der Waals surface area contributed by atoms with Gasteiger partial charge < -0.3 is 19.9 Å². The topological polar surface area (TPSA) is 67.8 Å². The van der Waals surface area contributed by atoms with Gasteiger partial charge in [0.25, 0.3) is 0 Å². The van der Waals surface area contributed by atoms with Crippen molar-refractivity contribution in [1.82, 2.24) is 5.32 Å². The second-order valence-electron chi connectivity index (χ2n) is 7.44. The van der Waals surface area contributed by atoms with Crippen LogP contribution in [-0.4, -0.2) is 37.9 Å². The minimum Gasteiger partial charge on any atom is -0.493 e. The molecule has 0 heterocycles. The zero-order valence-corrected chi connectivity index (χ0v) is 17.6. The van der Waals surface area contributed by atoms with Gasteiger partial charge >= 0.3 is 0 Å². The van der Waals surface area contributed by atoms with Gasteiger partial charge in [0.15, 0.2) is 0 Å². The lowest BCUT2D eigenvalue weighted by Crippen LogP contribution is -2.36. The van der Waals surface area contributed by atoms with Crippen LogP contribution in [0.2, 0.25) is 0 Å². The molecule has 0 spiro atoms. The highest BCUT2D eigenvalue weighted by atomic mass is 16.5. The largest absolute Gasteiger partial charge is 0.493 e. The summed E-state index contributed by atoms with van der Waals surface area (Å²) in [5.41, 5.74) is 1.72. The lowest BCUT2D eigenvalue weighted by Gasteiger charge is -2.22. The molecular weight excluding hydrogens is 366 g/mol. The maximum Gasteiger partial charge on any atom is 0.230 e. The predicted octanol–water partition coefficient (Wildman–Crippen LogP) is 4.08. The van der Waals surface area contributed by atoms with Gasteiger partial charge in [0.05, 0.1) is 31.8 Å². The molecule has 0 fully saturated rings. The third kappa shape index (κ3) is 7.18. The Morgan fingerprint density at radius 3 is 2.31 bits per heavy atom. The van der Waals surface area contributed by atoms with E-state index in [4.69, 9.17) is 9.47 Å². The minimum atomic E-state index is -0.647. The van der Waals surface area contributed by atoms with Gasteiger partial charge in [0.1, 0.15) is 5.75 Å². The molecule has 2 N–H and O–H groups in total. The number of methoxy groups -OCH3 is 1. The summed E-state index contributed by atoms with van der Waals surface area (Å²) >= 11 is 0. The number of benzene rings is 2. The van der Waals surface area contributed by atoms with Crippen LogP contribution in [0.1, 0.15) is 49.8 Å². The second kappa shape index (κ2) is 12.2. The number of amides is 1. The molecule has 2 aromatic carbocycles. The SMILES string of the molecule is CCCC(C)COc1ccc([C@@H](CO)C(=O)N[C@H](COC)c2ccccc2)cc1. The van der Waals surface area contributed by atoms with Gasteiger partial charge in [0, 0.05) is 7.11 Å². The van der Waals surface area contributed by atoms with Crippen LogP contribution in [0, 0.1) is 5.92 Å². The summed E-state index contributed by atoms with van der Waals surface area (Å²) in [6, 6.07) is 16.8. The maximum atomic E-state index is 12.8. The molecule has 0 aliphatic heterocycles. The lowest BCUT2D eigenvalue weighted by atomic mass is 9.98. The van der Waals surface area contributed by atoms with E-state index in [1.807, 2.05) is 54.6 Å². The quantitative estimate of drug-likeness (QED) is 0.564. The van der Waals surface area contributed by atoms with Crippen LogP contribution in [-0.2, 0) is 9.53 Å². The fourth-order valence-corrected chi connectivity index (χ4v) is 3.30. The normalized spacial score (nSPS) is 14.1. The summed E-state index contributed by atoms with van der Waals surface area (Å²) in [6.07, 6.45) is 2.28. The van der Waals surface area contributed by atoms with Crippen LogP contribution in [0.25, 0.3) is 0 Å². The molecule has 5 heteroatoms. The number of nitrogens with one attached hydrogen (secondary N) is 1. The third-order valence-electron chi connectivity index (χ3n) is 4.95. The molecule has 0 saturated heterocycles. The van der Waals surface area contributed by atoms with Crippen LogP contribution in [0.5, 0.6) is 5.75 Å². The van der Waals surface area contributed by atoms with Crippen molar-refractivity contribution in [2.45, 2.75) is 38.6 Å². The van der Waals surface area contributed by atoms with Crippen LogP contribution in [0.15, 0.2) is 54.6 Å². The van der Waals surface area contributed by atoms with E-state index in [9.17, 15) is 9.90 Å². The van der Waals surface area contributed by atoms with Gasteiger partial charge in [-0.1, -0.05) is 62.7 Å². The molecule has 1 unspecified atom stereocenters. The number of carbonyl (C=O) groups excluding carboxylic acids is 1. The van der Waals surface area contributed by atoms with Gasteiger partial charge in [-0.25, -0.2) is 0 Å². The molecule has 2 aromatic rings. The second-order valence-corrected chi connectivity index (χ2v) is 7.44. The molecule has 0 aliphatic rings. The van der Waals surface area contributed by atoms with Gasteiger partial charge in [0.2, 0.25) is 5.91 Å². The Hall–Kier alpha value is -2.37. The molecule has 1 amide bonds. The molecule has 0 saturated carbocycles. The fraction of sp³-hybridized carbons (Fsp3) is 0.458.